The fourth-order valence-corrected chi connectivity index (χ4v) is 3.15. The molecule has 0 saturated carbocycles. The van der Waals surface area contributed by atoms with Crippen molar-refractivity contribution in [3.8, 4) is 6.07 Å². The van der Waals surface area contributed by atoms with Crippen LogP contribution in [0.2, 0.25) is 5.02 Å². The third-order valence-electron chi connectivity index (χ3n) is 4.46. The minimum absolute atomic E-state index is 0.0543. The Labute approximate surface area is 176 Å². The van der Waals surface area contributed by atoms with E-state index in [-0.39, 0.29) is 37.6 Å². The number of ketones is 1. The normalized spacial score (nSPS) is 18.8. The van der Waals surface area contributed by atoms with E-state index in [1.54, 1.807) is 45.0 Å². The molecule has 1 aliphatic rings. The van der Waals surface area contributed by atoms with Gasteiger partial charge in [-0.25, -0.2) is 4.79 Å². The maximum atomic E-state index is 12.2. The number of hydrogen-bond acceptors (Lipinski definition) is 5. The minimum Gasteiger partial charge on any atom is -0.444 e. The lowest BCUT2D eigenvalue weighted by molar-refractivity contribution is -0.121. The molecule has 1 fully saturated rings. The van der Waals surface area contributed by atoms with E-state index in [0.29, 0.717) is 17.0 Å². The highest BCUT2D eigenvalue weighted by Crippen LogP contribution is 2.20. The number of amides is 2. The Bertz CT molecular complexity index is 796. The molecule has 0 unspecified atom stereocenters. The predicted molar refractivity (Wildman–Crippen MR) is 108 cm³/mol. The molecule has 0 bridgehead atoms. The number of rotatable bonds is 6. The van der Waals surface area contributed by atoms with E-state index in [1.165, 1.54) is 4.90 Å². The van der Waals surface area contributed by atoms with Crippen molar-refractivity contribution in [1.29, 1.82) is 5.26 Å². The van der Waals surface area contributed by atoms with Crippen LogP contribution in [0.25, 0.3) is 0 Å². The molecule has 29 heavy (non-hydrogen) atoms. The molecule has 0 radical (unpaired) electrons. The van der Waals surface area contributed by atoms with Gasteiger partial charge in [-0.3, -0.25) is 9.59 Å². The second-order valence-electron chi connectivity index (χ2n) is 8.08. The number of nitrogens with zero attached hydrogens (tertiary/aromatic N) is 2. The number of likely N-dealkylation sites (tertiary alicyclic amines) is 1. The highest BCUT2D eigenvalue weighted by molar-refractivity contribution is 6.30. The first kappa shape index (κ1) is 22.7. The van der Waals surface area contributed by atoms with Crippen LogP contribution in [-0.2, 0) is 9.53 Å². The van der Waals surface area contributed by atoms with Crippen LogP contribution >= 0.6 is 11.6 Å². The van der Waals surface area contributed by atoms with Crippen molar-refractivity contribution in [1.82, 2.24) is 10.2 Å². The first-order valence-corrected chi connectivity index (χ1v) is 9.92. The molecule has 0 aliphatic carbocycles. The van der Waals surface area contributed by atoms with Crippen molar-refractivity contribution < 1.29 is 19.1 Å². The lowest BCUT2D eigenvalue weighted by Gasteiger charge is -2.24. The van der Waals surface area contributed by atoms with Gasteiger partial charge in [-0.1, -0.05) is 11.6 Å². The molecule has 1 heterocycles. The summed E-state index contributed by atoms with van der Waals surface area (Å²) in [7, 11) is 0. The summed E-state index contributed by atoms with van der Waals surface area (Å²) in [6.45, 7) is 5.75. The number of nitrogens with one attached hydrogen (secondary N) is 1. The summed E-state index contributed by atoms with van der Waals surface area (Å²) in [6.07, 6.45) is 0.307. The maximum Gasteiger partial charge on any atom is 0.410 e. The Morgan fingerprint density at radius 1 is 1.21 bits per heavy atom. The summed E-state index contributed by atoms with van der Waals surface area (Å²) in [5.41, 5.74) is -0.0693. The average Bonchev–Trinajstić information content (AvgIpc) is 3.03. The fourth-order valence-electron chi connectivity index (χ4n) is 3.03. The van der Waals surface area contributed by atoms with Gasteiger partial charge in [0.05, 0.1) is 18.0 Å². The van der Waals surface area contributed by atoms with Gasteiger partial charge in [-0.05, 0) is 51.5 Å². The average molecular weight is 420 g/mol. The summed E-state index contributed by atoms with van der Waals surface area (Å²) in [6, 6.07) is 8.31. The molecule has 1 aromatic carbocycles. The largest absolute Gasteiger partial charge is 0.444 e. The quantitative estimate of drug-likeness (QED) is 0.710. The van der Waals surface area contributed by atoms with Gasteiger partial charge in [0.2, 0.25) is 5.91 Å². The van der Waals surface area contributed by atoms with Crippen LogP contribution in [0.15, 0.2) is 24.3 Å². The van der Waals surface area contributed by atoms with Crippen LogP contribution < -0.4 is 5.32 Å². The molecule has 2 atom stereocenters. The molecule has 1 saturated heterocycles. The topological polar surface area (TPSA) is 99.5 Å². The highest BCUT2D eigenvalue weighted by Gasteiger charge is 2.38. The van der Waals surface area contributed by atoms with E-state index < -0.39 is 23.7 Å². The zero-order valence-corrected chi connectivity index (χ0v) is 17.7. The molecule has 156 valence electrons. The zero-order valence-electron chi connectivity index (χ0n) is 16.9. The molecule has 0 aromatic heterocycles. The van der Waals surface area contributed by atoms with E-state index >= 15 is 0 Å². The van der Waals surface area contributed by atoms with Crippen molar-refractivity contribution in [2.45, 2.75) is 51.7 Å². The summed E-state index contributed by atoms with van der Waals surface area (Å²) in [4.78, 5) is 38.0. The lowest BCUT2D eigenvalue weighted by Crippen LogP contribution is -2.41. The van der Waals surface area contributed by atoms with E-state index in [4.69, 9.17) is 16.3 Å². The summed E-state index contributed by atoms with van der Waals surface area (Å²) in [5.74, 6) is -0.798. The van der Waals surface area contributed by atoms with Gasteiger partial charge >= 0.3 is 6.09 Å². The molecule has 1 aromatic rings. The third kappa shape index (κ3) is 7.06. The Hall–Kier alpha value is -2.59. The smallest absolute Gasteiger partial charge is 0.410 e. The molecular formula is C21H26ClN3O4. The van der Waals surface area contributed by atoms with Gasteiger partial charge in [-0.15, -0.1) is 0 Å². The summed E-state index contributed by atoms with van der Waals surface area (Å²) >= 11 is 5.81. The van der Waals surface area contributed by atoms with Gasteiger partial charge < -0.3 is 15.0 Å². The second-order valence-corrected chi connectivity index (χ2v) is 8.51. The SMILES string of the molecule is CC(C)(C)OC(=O)N1C[C@@H](C#N)[C@@H](NC(=O)CCCC(=O)c2ccc(Cl)cc2)C1. The van der Waals surface area contributed by atoms with E-state index in [2.05, 4.69) is 11.4 Å². The predicted octanol–water partition coefficient (Wildman–Crippen LogP) is 3.57. The number of halogens is 1. The Morgan fingerprint density at radius 2 is 1.86 bits per heavy atom. The first-order valence-electron chi connectivity index (χ1n) is 9.54. The van der Waals surface area contributed by atoms with E-state index in [1.807, 2.05) is 0 Å². The fraction of sp³-hybridized carbons (Fsp3) is 0.524. The number of carbonyl (C=O) groups excluding carboxylic acids is 3. The van der Waals surface area contributed by atoms with Crippen LogP contribution in [0.3, 0.4) is 0 Å². The molecule has 8 heteroatoms. The van der Waals surface area contributed by atoms with Crippen molar-refractivity contribution in [2.24, 2.45) is 5.92 Å². The number of carbonyl (C=O) groups is 3. The molecular weight excluding hydrogens is 394 g/mol. The number of benzene rings is 1. The van der Waals surface area contributed by atoms with E-state index in [0.717, 1.165) is 0 Å². The standard InChI is InChI=1S/C21H26ClN3O4/c1-21(2,3)29-20(28)25-12-15(11-23)17(13-25)24-19(27)6-4-5-18(26)14-7-9-16(22)10-8-14/h7-10,15,17H,4-6,12-13H2,1-3H3,(H,24,27)/t15-,17+/m1/s1. The number of ether oxygens (including phenoxy) is 1. The molecule has 2 rings (SSSR count). The van der Waals surface area contributed by atoms with Crippen molar-refractivity contribution in [3.05, 3.63) is 34.9 Å². The minimum atomic E-state index is -0.628. The molecule has 0 spiro atoms. The van der Waals surface area contributed by atoms with Crippen LogP contribution in [0.5, 0.6) is 0 Å². The summed E-state index contributed by atoms with van der Waals surface area (Å²) < 4.78 is 5.33. The van der Waals surface area contributed by atoms with Crippen LogP contribution in [0.1, 0.15) is 50.4 Å². The number of Topliss-reactive ketones (excluding diaryl/α,β-unsaturated/α-hetero) is 1. The van der Waals surface area contributed by atoms with Gasteiger partial charge in [0.15, 0.2) is 5.78 Å². The van der Waals surface area contributed by atoms with Gasteiger partial charge in [0, 0.05) is 36.5 Å². The number of hydrogen-bond donors (Lipinski definition) is 1. The molecule has 1 aliphatic heterocycles. The van der Waals surface area contributed by atoms with Gasteiger partial charge in [0.1, 0.15) is 5.60 Å². The Morgan fingerprint density at radius 3 is 2.45 bits per heavy atom. The first-order chi connectivity index (χ1) is 13.6. The zero-order chi connectivity index (χ0) is 21.6. The van der Waals surface area contributed by atoms with Gasteiger partial charge in [-0.2, -0.15) is 5.26 Å². The van der Waals surface area contributed by atoms with Crippen LogP contribution in [-0.4, -0.2) is 47.4 Å². The molecule has 2 amide bonds. The number of nitriles is 1. The lowest BCUT2D eigenvalue weighted by atomic mass is 10.0. The van der Waals surface area contributed by atoms with Gasteiger partial charge in [0.25, 0.3) is 0 Å². The van der Waals surface area contributed by atoms with Crippen molar-refractivity contribution in [3.63, 3.8) is 0 Å². The maximum absolute atomic E-state index is 12.2. The Balaban J connectivity index is 1.80. The monoisotopic (exact) mass is 419 g/mol. The molecule has 1 N–H and O–H groups in total. The highest BCUT2D eigenvalue weighted by atomic mass is 35.5. The van der Waals surface area contributed by atoms with Crippen LogP contribution in [0, 0.1) is 17.2 Å². The van der Waals surface area contributed by atoms with E-state index in [9.17, 15) is 19.6 Å². The van der Waals surface area contributed by atoms with Crippen LogP contribution in [0.4, 0.5) is 4.79 Å². The molecule has 7 nitrogen and oxygen atoms in total. The summed E-state index contributed by atoms with van der Waals surface area (Å²) in [5, 5.41) is 12.7. The third-order valence-corrected chi connectivity index (χ3v) is 4.71. The van der Waals surface area contributed by atoms with Crippen molar-refractivity contribution >= 4 is 29.4 Å². The Kier molecular flexibility index (Phi) is 7.63. The van der Waals surface area contributed by atoms with Crippen molar-refractivity contribution in [2.75, 3.05) is 13.1 Å². The second kappa shape index (κ2) is 9.75.